The van der Waals surface area contributed by atoms with Gasteiger partial charge in [0.05, 0.1) is 12.2 Å². The smallest absolute Gasteiger partial charge is 0.149 e. The molecule has 3 nitrogen and oxygen atoms in total. The van der Waals surface area contributed by atoms with E-state index in [1.165, 1.54) is 12.1 Å². The molecule has 0 bridgehead atoms. The van der Waals surface area contributed by atoms with Crippen molar-refractivity contribution in [3.63, 3.8) is 0 Å². The molecule has 0 aliphatic rings. The molecule has 2 aromatic rings. The highest BCUT2D eigenvalue weighted by Gasteiger charge is 2.03. The molecule has 0 aliphatic carbocycles. The number of halogens is 2. The van der Waals surface area contributed by atoms with Crippen LogP contribution < -0.4 is 5.32 Å². The van der Waals surface area contributed by atoms with Gasteiger partial charge in [-0.3, -0.25) is 0 Å². The van der Waals surface area contributed by atoms with E-state index in [-0.39, 0.29) is 5.69 Å². The third kappa shape index (κ3) is 2.31. The number of hydrogen-bond acceptors (Lipinski definition) is 2. The molecule has 0 amide bonds. The summed E-state index contributed by atoms with van der Waals surface area (Å²) in [5, 5.41) is 2.81. The molecule has 0 spiro atoms. The van der Waals surface area contributed by atoms with Crippen molar-refractivity contribution < 1.29 is 8.78 Å². The number of imidazole rings is 1. The monoisotopic (exact) mass is 209 g/mol. The van der Waals surface area contributed by atoms with Crippen LogP contribution in [0.25, 0.3) is 0 Å². The molecular weight excluding hydrogens is 200 g/mol. The van der Waals surface area contributed by atoms with Gasteiger partial charge in [-0.2, -0.15) is 0 Å². The van der Waals surface area contributed by atoms with E-state index in [1.54, 1.807) is 12.4 Å². The summed E-state index contributed by atoms with van der Waals surface area (Å²) in [5.41, 5.74) is 0.257. The van der Waals surface area contributed by atoms with Gasteiger partial charge in [-0.05, 0) is 12.1 Å². The SMILES string of the molecule is Fc1ccc(NCc2ncc[nH]2)c(F)c1. The Hall–Kier alpha value is -1.91. The Morgan fingerprint density at radius 3 is 2.87 bits per heavy atom. The van der Waals surface area contributed by atoms with Crippen LogP contribution in [0.3, 0.4) is 0 Å². The second-order valence-corrected chi connectivity index (χ2v) is 3.01. The molecule has 15 heavy (non-hydrogen) atoms. The van der Waals surface area contributed by atoms with Crippen LogP contribution in [-0.4, -0.2) is 9.97 Å². The molecule has 0 radical (unpaired) electrons. The average molecular weight is 209 g/mol. The summed E-state index contributed by atoms with van der Waals surface area (Å²) in [5.74, 6) is -0.503. The first-order valence-corrected chi connectivity index (χ1v) is 4.43. The number of nitrogens with one attached hydrogen (secondary N) is 2. The highest BCUT2D eigenvalue weighted by atomic mass is 19.1. The van der Waals surface area contributed by atoms with Crippen LogP contribution in [0.5, 0.6) is 0 Å². The van der Waals surface area contributed by atoms with E-state index < -0.39 is 11.6 Å². The van der Waals surface area contributed by atoms with E-state index >= 15 is 0 Å². The first-order valence-electron chi connectivity index (χ1n) is 4.43. The summed E-state index contributed by atoms with van der Waals surface area (Å²) in [6, 6.07) is 3.39. The van der Waals surface area contributed by atoms with Crippen LogP contribution in [0, 0.1) is 11.6 Å². The molecule has 0 aliphatic heterocycles. The van der Waals surface area contributed by atoms with Crippen LogP contribution >= 0.6 is 0 Å². The highest BCUT2D eigenvalue weighted by molar-refractivity contribution is 5.44. The van der Waals surface area contributed by atoms with Crippen molar-refractivity contribution in [1.82, 2.24) is 9.97 Å². The third-order valence-electron chi connectivity index (χ3n) is 1.93. The highest BCUT2D eigenvalue weighted by Crippen LogP contribution is 2.15. The minimum atomic E-state index is -0.610. The summed E-state index contributed by atoms with van der Waals surface area (Å²) in [7, 11) is 0. The van der Waals surface area contributed by atoms with Crippen LogP contribution in [0.15, 0.2) is 30.6 Å². The molecular formula is C10H9F2N3. The van der Waals surface area contributed by atoms with E-state index in [1.807, 2.05) is 0 Å². The Labute approximate surface area is 85.2 Å². The van der Waals surface area contributed by atoms with Crippen molar-refractivity contribution in [3.05, 3.63) is 48.1 Å². The lowest BCUT2D eigenvalue weighted by atomic mass is 10.3. The molecule has 78 valence electrons. The van der Waals surface area contributed by atoms with Crippen LogP contribution in [0.4, 0.5) is 14.5 Å². The lowest BCUT2D eigenvalue weighted by molar-refractivity contribution is 0.585. The summed E-state index contributed by atoms with van der Waals surface area (Å²) in [4.78, 5) is 6.83. The van der Waals surface area contributed by atoms with Crippen LogP contribution in [0.1, 0.15) is 5.82 Å². The van der Waals surface area contributed by atoms with Gasteiger partial charge >= 0.3 is 0 Å². The van der Waals surface area contributed by atoms with Crippen LogP contribution in [0.2, 0.25) is 0 Å². The number of aromatic nitrogens is 2. The standard InChI is InChI=1S/C10H9F2N3/c11-7-1-2-9(8(12)5-7)15-6-10-13-3-4-14-10/h1-5,15H,6H2,(H,13,14). The Balaban J connectivity index is 2.05. The first-order chi connectivity index (χ1) is 7.25. The van der Waals surface area contributed by atoms with Gasteiger partial charge in [-0.25, -0.2) is 13.8 Å². The van der Waals surface area contributed by atoms with Crippen molar-refractivity contribution in [2.75, 3.05) is 5.32 Å². The minimum absolute atomic E-state index is 0.257. The normalized spacial score (nSPS) is 10.3. The predicted octanol–water partition coefficient (Wildman–Crippen LogP) is 2.30. The van der Waals surface area contributed by atoms with Gasteiger partial charge in [0.15, 0.2) is 0 Å². The second-order valence-electron chi connectivity index (χ2n) is 3.01. The number of rotatable bonds is 3. The molecule has 2 rings (SSSR count). The third-order valence-corrected chi connectivity index (χ3v) is 1.93. The summed E-state index contributed by atoms with van der Waals surface area (Å²) < 4.78 is 25.7. The van der Waals surface area contributed by atoms with Gasteiger partial charge < -0.3 is 10.3 Å². The summed E-state index contributed by atoms with van der Waals surface area (Å²) in [6.45, 7) is 0.371. The van der Waals surface area contributed by atoms with Gasteiger partial charge in [0.2, 0.25) is 0 Å². The lowest BCUT2D eigenvalue weighted by Gasteiger charge is -2.05. The molecule has 0 saturated carbocycles. The number of anilines is 1. The van der Waals surface area contributed by atoms with Gasteiger partial charge in [-0.15, -0.1) is 0 Å². The van der Waals surface area contributed by atoms with E-state index in [9.17, 15) is 8.78 Å². The van der Waals surface area contributed by atoms with E-state index in [4.69, 9.17) is 0 Å². The zero-order valence-corrected chi connectivity index (χ0v) is 7.80. The fraction of sp³-hybridized carbons (Fsp3) is 0.100. The van der Waals surface area contributed by atoms with Crippen molar-refractivity contribution in [2.45, 2.75) is 6.54 Å². The van der Waals surface area contributed by atoms with Crippen LogP contribution in [-0.2, 0) is 6.54 Å². The molecule has 1 heterocycles. The largest absolute Gasteiger partial charge is 0.375 e. The zero-order valence-electron chi connectivity index (χ0n) is 7.80. The maximum atomic E-state index is 13.1. The fourth-order valence-electron chi connectivity index (χ4n) is 1.21. The number of nitrogens with zero attached hydrogens (tertiary/aromatic N) is 1. The molecule has 1 aromatic heterocycles. The van der Waals surface area contributed by atoms with Gasteiger partial charge in [0, 0.05) is 18.5 Å². The number of H-pyrrole nitrogens is 1. The molecule has 0 saturated heterocycles. The maximum Gasteiger partial charge on any atom is 0.149 e. The van der Waals surface area contributed by atoms with Crippen molar-refractivity contribution in [2.24, 2.45) is 0 Å². The van der Waals surface area contributed by atoms with E-state index in [0.29, 0.717) is 12.4 Å². The maximum absolute atomic E-state index is 13.1. The van der Waals surface area contributed by atoms with E-state index in [2.05, 4.69) is 15.3 Å². The predicted molar refractivity (Wildman–Crippen MR) is 52.3 cm³/mol. The van der Waals surface area contributed by atoms with Crippen molar-refractivity contribution >= 4 is 5.69 Å². The Bertz CT molecular complexity index is 440. The summed E-state index contributed by atoms with van der Waals surface area (Å²) in [6.07, 6.45) is 3.29. The fourth-order valence-corrected chi connectivity index (χ4v) is 1.21. The number of hydrogen-bond donors (Lipinski definition) is 2. The van der Waals surface area contributed by atoms with Crippen molar-refractivity contribution in [1.29, 1.82) is 0 Å². The molecule has 0 atom stereocenters. The first kappa shape index (κ1) is 9.64. The van der Waals surface area contributed by atoms with Gasteiger partial charge in [-0.1, -0.05) is 0 Å². The molecule has 0 unspecified atom stereocenters. The average Bonchev–Trinajstić information content (AvgIpc) is 2.69. The van der Waals surface area contributed by atoms with Crippen molar-refractivity contribution in [3.8, 4) is 0 Å². The molecule has 0 fully saturated rings. The topological polar surface area (TPSA) is 40.7 Å². The van der Waals surface area contributed by atoms with Gasteiger partial charge in [0.25, 0.3) is 0 Å². The second kappa shape index (κ2) is 4.08. The molecule has 1 aromatic carbocycles. The zero-order chi connectivity index (χ0) is 10.7. The minimum Gasteiger partial charge on any atom is -0.375 e. The number of benzene rings is 1. The Morgan fingerprint density at radius 2 is 2.20 bits per heavy atom. The Kier molecular flexibility index (Phi) is 2.62. The van der Waals surface area contributed by atoms with Gasteiger partial charge in [0.1, 0.15) is 17.5 Å². The number of aromatic amines is 1. The summed E-state index contributed by atoms with van der Waals surface area (Å²) >= 11 is 0. The molecule has 2 N–H and O–H groups in total. The Morgan fingerprint density at radius 1 is 1.33 bits per heavy atom. The molecule has 5 heteroatoms. The van der Waals surface area contributed by atoms with E-state index in [0.717, 1.165) is 6.07 Å². The lowest BCUT2D eigenvalue weighted by Crippen LogP contribution is -2.03. The quantitative estimate of drug-likeness (QED) is 0.814.